The Kier molecular flexibility index (Phi) is 8.13. The summed E-state index contributed by atoms with van der Waals surface area (Å²) in [5.74, 6) is -1.12. The van der Waals surface area contributed by atoms with Crippen molar-refractivity contribution in [1.29, 1.82) is 0 Å². The van der Waals surface area contributed by atoms with E-state index in [0.717, 1.165) is 0 Å². The summed E-state index contributed by atoms with van der Waals surface area (Å²) in [7, 11) is 0. The summed E-state index contributed by atoms with van der Waals surface area (Å²) in [6.07, 6.45) is 0. The van der Waals surface area contributed by atoms with Crippen molar-refractivity contribution < 1.29 is 30.0 Å². The molecular formula is C14H19BrN2O6. The van der Waals surface area contributed by atoms with Crippen molar-refractivity contribution in [3.8, 4) is 0 Å². The van der Waals surface area contributed by atoms with Crippen molar-refractivity contribution in [2.24, 2.45) is 0 Å². The van der Waals surface area contributed by atoms with Crippen molar-refractivity contribution in [2.45, 2.75) is 12.1 Å². The molecule has 1 rings (SSSR count). The molecule has 0 aromatic heterocycles. The fourth-order valence-electron chi connectivity index (χ4n) is 1.69. The molecule has 23 heavy (non-hydrogen) atoms. The maximum Gasteiger partial charge on any atom is 0.251 e. The van der Waals surface area contributed by atoms with Gasteiger partial charge in [-0.05, 0) is 18.2 Å². The maximum absolute atomic E-state index is 12.1. The van der Waals surface area contributed by atoms with Gasteiger partial charge in [0.15, 0.2) is 0 Å². The van der Waals surface area contributed by atoms with Gasteiger partial charge >= 0.3 is 0 Å². The van der Waals surface area contributed by atoms with Gasteiger partial charge in [-0.25, -0.2) is 0 Å². The first-order valence-electron chi connectivity index (χ1n) is 6.80. The number of rotatable bonds is 8. The maximum atomic E-state index is 12.1. The highest BCUT2D eigenvalue weighted by atomic mass is 79.9. The molecule has 0 saturated carbocycles. The molecule has 8 nitrogen and oxygen atoms in total. The number of halogens is 1. The molecule has 9 heteroatoms. The van der Waals surface area contributed by atoms with Crippen LogP contribution in [0.1, 0.15) is 20.7 Å². The second-order valence-corrected chi connectivity index (χ2v) is 5.72. The van der Waals surface area contributed by atoms with Gasteiger partial charge in [-0.2, -0.15) is 0 Å². The molecule has 6 N–H and O–H groups in total. The molecule has 0 atom stereocenters. The largest absolute Gasteiger partial charge is 0.394 e. The van der Waals surface area contributed by atoms with Crippen molar-refractivity contribution in [2.75, 3.05) is 26.4 Å². The lowest BCUT2D eigenvalue weighted by Crippen LogP contribution is -2.41. The van der Waals surface area contributed by atoms with Crippen molar-refractivity contribution >= 4 is 27.7 Å². The molecule has 0 bridgehead atoms. The molecule has 2 amide bonds. The van der Waals surface area contributed by atoms with Gasteiger partial charge in [0.2, 0.25) is 0 Å². The smallest absolute Gasteiger partial charge is 0.251 e. The number of benzene rings is 1. The van der Waals surface area contributed by atoms with Crippen LogP contribution >= 0.6 is 15.9 Å². The standard InChI is InChI=1S/C14H19BrN2O6/c15-10-2-8(13(22)16-11(4-18)5-19)1-9(3-10)14(23)17-12(6-20)7-21/h1-3,11-12,18-21H,4-7H2,(H,16,22)(H,17,23). The summed E-state index contributed by atoms with van der Waals surface area (Å²) in [6, 6.07) is 2.69. The quantitative estimate of drug-likeness (QED) is 0.323. The zero-order valence-corrected chi connectivity index (χ0v) is 13.8. The summed E-state index contributed by atoms with van der Waals surface area (Å²) in [5, 5.41) is 40.7. The minimum atomic E-state index is -0.799. The highest BCUT2D eigenvalue weighted by molar-refractivity contribution is 9.10. The fourth-order valence-corrected chi connectivity index (χ4v) is 2.18. The predicted molar refractivity (Wildman–Crippen MR) is 85.0 cm³/mol. The van der Waals surface area contributed by atoms with Crippen LogP contribution in [0, 0.1) is 0 Å². The van der Waals surface area contributed by atoms with Gasteiger partial charge in [0.05, 0.1) is 38.5 Å². The van der Waals surface area contributed by atoms with Crippen LogP contribution in [0.5, 0.6) is 0 Å². The Balaban J connectivity index is 2.94. The predicted octanol–water partition coefficient (Wildman–Crippen LogP) is -1.38. The number of hydrogen-bond donors (Lipinski definition) is 6. The minimum Gasteiger partial charge on any atom is -0.394 e. The van der Waals surface area contributed by atoms with Crippen LogP contribution in [-0.4, -0.2) is 70.8 Å². The molecule has 0 aliphatic rings. The lowest BCUT2D eigenvalue weighted by atomic mass is 10.1. The van der Waals surface area contributed by atoms with E-state index in [1.165, 1.54) is 18.2 Å². The normalized spacial score (nSPS) is 10.9. The van der Waals surface area contributed by atoms with Crippen LogP contribution < -0.4 is 10.6 Å². The molecule has 1 aromatic rings. The third-order valence-corrected chi connectivity index (χ3v) is 3.43. The van der Waals surface area contributed by atoms with E-state index in [9.17, 15) is 9.59 Å². The Morgan fingerprint density at radius 1 is 0.826 bits per heavy atom. The van der Waals surface area contributed by atoms with Crippen LogP contribution in [0.25, 0.3) is 0 Å². The first-order chi connectivity index (χ1) is 10.9. The lowest BCUT2D eigenvalue weighted by Gasteiger charge is -2.15. The second-order valence-electron chi connectivity index (χ2n) is 4.80. The number of nitrogens with one attached hydrogen (secondary N) is 2. The molecule has 0 radical (unpaired) electrons. The van der Waals surface area contributed by atoms with Crippen LogP contribution in [0.3, 0.4) is 0 Å². The molecular weight excluding hydrogens is 372 g/mol. The Bertz CT molecular complexity index is 502. The zero-order valence-electron chi connectivity index (χ0n) is 12.2. The lowest BCUT2D eigenvalue weighted by molar-refractivity contribution is 0.0877. The third-order valence-electron chi connectivity index (χ3n) is 2.97. The molecule has 128 valence electrons. The number of carbonyl (C=O) groups excluding carboxylic acids is 2. The fraction of sp³-hybridized carbons (Fsp3) is 0.429. The van der Waals surface area contributed by atoms with E-state index >= 15 is 0 Å². The number of hydrogen-bond acceptors (Lipinski definition) is 6. The number of aliphatic hydroxyl groups is 4. The molecule has 0 heterocycles. The van der Waals surface area contributed by atoms with E-state index in [4.69, 9.17) is 20.4 Å². The Labute approximate surface area is 141 Å². The summed E-state index contributed by atoms with van der Waals surface area (Å²) in [6.45, 7) is -1.67. The van der Waals surface area contributed by atoms with Crippen LogP contribution in [-0.2, 0) is 0 Å². The summed E-state index contributed by atoms with van der Waals surface area (Å²) < 4.78 is 0.476. The van der Waals surface area contributed by atoms with Gasteiger partial charge in [0, 0.05) is 15.6 Å². The average molecular weight is 391 g/mol. The van der Waals surface area contributed by atoms with E-state index < -0.39 is 50.3 Å². The Hall–Kier alpha value is -1.52. The molecule has 0 unspecified atom stereocenters. The first kappa shape index (κ1) is 19.5. The SMILES string of the molecule is O=C(NC(CO)CO)c1cc(Br)cc(C(=O)NC(CO)CO)c1. The van der Waals surface area contributed by atoms with E-state index in [2.05, 4.69) is 26.6 Å². The highest BCUT2D eigenvalue weighted by Gasteiger charge is 2.17. The highest BCUT2D eigenvalue weighted by Crippen LogP contribution is 2.16. The average Bonchev–Trinajstić information content (AvgIpc) is 2.56. The molecule has 0 saturated heterocycles. The van der Waals surface area contributed by atoms with Crippen molar-refractivity contribution in [1.82, 2.24) is 10.6 Å². The number of aliphatic hydroxyl groups excluding tert-OH is 4. The van der Waals surface area contributed by atoms with Gasteiger partial charge in [-0.3, -0.25) is 9.59 Å². The molecule has 0 aliphatic carbocycles. The Morgan fingerprint density at radius 2 is 1.17 bits per heavy atom. The van der Waals surface area contributed by atoms with Gasteiger partial charge in [0.25, 0.3) is 11.8 Å². The monoisotopic (exact) mass is 390 g/mol. The number of carbonyl (C=O) groups is 2. The molecule has 0 spiro atoms. The van der Waals surface area contributed by atoms with Crippen molar-refractivity contribution in [3.63, 3.8) is 0 Å². The van der Waals surface area contributed by atoms with E-state index in [0.29, 0.717) is 4.47 Å². The minimum absolute atomic E-state index is 0.154. The van der Waals surface area contributed by atoms with Crippen LogP contribution in [0.4, 0.5) is 0 Å². The van der Waals surface area contributed by atoms with Crippen LogP contribution in [0.15, 0.2) is 22.7 Å². The van der Waals surface area contributed by atoms with Crippen molar-refractivity contribution in [3.05, 3.63) is 33.8 Å². The van der Waals surface area contributed by atoms with Gasteiger partial charge < -0.3 is 31.1 Å². The van der Waals surface area contributed by atoms with Gasteiger partial charge in [-0.15, -0.1) is 0 Å². The van der Waals surface area contributed by atoms with Crippen LogP contribution in [0.2, 0.25) is 0 Å². The third kappa shape index (κ3) is 5.88. The molecule has 1 aromatic carbocycles. The number of amides is 2. The molecule has 0 aliphatic heterocycles. The molecule has 0 fully saturated rings. The van der Waals surface area contributed by atoms with E-state index in [1.807, 2.05) is 0 Å². The summed E-state index contributed by atoms with van der Waals surface area (Å²) in [5.41, 5.74) is 0.307. The van der Waals surface area contributed by atoms with E-state index in [-0.39, 0.29) is 11.1 Å². The second kappa shape index (κ2) is 9.58. The zero-order chi connectivity index (χ0) is 17.4. The summed E-state index contributed by atoms with van der Waals surface area (Å²) in [4.78, 5) is 24.1. The van der Waals surface area contributed by atoms with Gasteiger partial charge in [-0.1, -0.05) is 15.9 Å². The first-order valence-corrected chi connectivity index (χ1v) is 7.60. The summed E-state index contributed by atoms with van der Waals surface area (Å²) >= 11 is 3.19. The van der Waals surface area contributed by atoms with E-state index in [1.54, 1.807) is 0 Å². The Morgan fingerprint density at radius 3 is 1.48 bits per heavy atom. The topological polar surface area (TPSA) is 139 Å². The van der Waals surface area contributed by atoms with Gasteiger partial charge in [0.1, 0.15) is 0 Å².